The first-order chi connectivity index (χ1) is 26.1. The van der Waals surface area contributed by atoms with E-state index in [1.54, 1.807) is 0 Å². The number of allylic oxidation sites excluding steroid dienone is 2. The summed E-state index contributed by atoms with van der Waals surface area (Å²) in [5.74, 6) is 0. The first kappa shape index (κ1) is 37.9. The molecule has 6 aromatic rings. The van der Waals surface area contributed by atoms with Crippen LogP contribution in [0.5, 0.6) is 0 Å². The Bertz CT molecular complexity index is 2420. The van der Waals surface area contributed by atoms with Gasteiger partial charge in [-0.15, -0.1) is 0 Å². The molecule has 4 heteroatoms. The van der Waals surface area contributed by atoms with Gasteiger partial charge >= 0.3 is 334 Å². The Kier molecular flexibility index (Phi) is 10.4. The standard InChI is InChI=1S/2C24H23.C2H6Si.2ClH.Zr/c2*1-3-4-9-18-15-20-12-7-13-21(23(20)16-18)22-14-6-11-19-10-5-8-17(2)24(19)22;1-3-2;;;/h2*5-8,10-16H,3-4,9H2,1-2H3;1-2H3;2*1H;/q;;;;;+2/p-2. The van der Waals surface area contributed by atoms with Gasteiger partial charge in [-0.1, -0.05) is 0 Å². The van der Waals surface area contributed by atoms with E-state index in [1.807, 2.05) is 0 Å². The van der Waals surface area contributed by atoms with Gasteiger partial charge in [-0.3, -0.25) is 0 Å². The van der Waals surface area contributed by atoms with E-state index in [4.69, 9.17) is 17.0 Å². The Morgan fingerprint density at radius 2 is 0.889 bits per heavy atom. The van der Waals surface area contributed by atoms with Crippen molar-refractivity contribution in [3.05, 3.63) is 154 Å². The van der Waals surface area contributed by atoms with Crippen LogP contribution in [0.3, 0.4) is 0 Å². The average Bonchev–Trinajstić information content (AvgIpc) is 3.76. The van der Waals surface area contributed by atoms with Crippen LogP contribution in [0.1, 0.15) is 93.0 Å². The molecule has 0 aliphatic heterocycles. The molecule has 8 rings (SSSR count). The van der Waals surface area contributed by atoms with Crippen LogP contribution >= 0.6 is 17.0 Å². The molecule has 0 saturated carbocycles. The molecule has 2 atom stereocenters. The van der Waals surface area contributed by atoms with Gasteiger partial charge in [0.1, 0.15) is 0 Å². The van der Waals surface area contributed by atoms with Gasteiger partial charge in [-0.05, 0) is 0 Å². The molecule has 0 saturated heterocycles. The predicted molar refractivity (Wildman–Crippen MR) is 238 cm³/mol. The van der Waals surface area contributed by atoms with Crippen LogP contribution in [0.2, 0.25) is 13.1 Å². The molecule has 274 valence electrons. The van der Waals surface area contributed by atoms with Crippen LogP contribution in [-0.4, -0.2) is 5.43 Å². The molecular weight excluding hydrogens is 791 g/mol. The Hall–Kier alpha value is -3.00. The van der Waals surface area contributed by atoms with Gasteiger partial charge in [0.15, 0.2) is 0 Å². The van der Waals surface area contributed by atoms with Crippen LogP contribution in [0.15, 0.2) is 120 Å². The number of benzene rings is 6. The quantitative estimate of drug-likeness (QED) is 0.121. The first-order valence-corrected chi connectivity index (χ1v) is 35.5. The topological polar surface area (TPSA) is 0 Å². The van der Waals surface area contributed by atoms with Crippen LogP contribution in [0.4, 0.5) is 0 Å². The van der Waals surface area contributed by atoms with E-state index < -0.39 is 20.4 Å². The molecule has 0 heterocycles. The molecule has 54 heavy (non-hydrogen) atoms. The minimum absolute atomic E-state index is 0.0701. The Labute approximate surface area is 331 Å². The van der Waals surface area contributed by atoms with Crippen LogP contribution in [0.25, 0.3) is 56.0 Å². The molecule has 0 nitrogen and oxygen atoms in total. The summed E-state index contributed by atoms with van der Waals surface area (Å²) in [4.78, 5) is 0. The van der Waals surface area contributed by atoms with Crippen molar-refractivity contribution in [1.29, 1.82) is 0 Å². The van der Waals surface area contributed by atoms with E-state index in [0.29, 0.717) is 0 Å². The summed E-state index contributed by atoms with van der Waals surface area (Å²) in [6.07, 6.45) is 11.7. The zero-order chi connectivity index (χ0) is 37.8. The fraction of sp³-hybridized carbons (Fsp3) is 0.280. The van der Waals surface area contributed by atoms with Gasteiger partial charge in [-0.25, -0.2) is 0 Å². The van der Waals surface area contributed by atoms with E-state index in [1.165, 1.54) is 88.3 Å². The molecule has 0 spiro atoms. The second-order valence-corrected chi connectivity index (χ2v) is 55.0. The number of unbranched alkanes of at least 4 members (excludes halogenated alkanes) is 2. The van der Waals surface area contributed by atoms with Gasteiger partial charge in [0.05, 0.1) is 0 Å². The van der Waals surface area contributed by atoms with E-state index in [0.717, 1.165) is 38.5 Å². The predicted octanol–water partition coefficient (Wildman–Crippen LogP) is 16.1. The zero-order valence-corrected chi connectivity index (χ0v) is 37.7. The Morgan fingerprint density at radius 3 is 1.28 bits per heavy atom. The zero-order valence-electron chi connectivity index (χ0n) is 32.7. The maximum atomic E-state index is 8.92. The van der Waals surface area contributed by atoms with E-state index in [2.05, 4.69) is 162 Å². The van der Waals surface area contributed by atoms with Gasteiger partial charge in [-0.2, -0.15) is 0 Å². The summed E-state index contributed by atoms with van der Waals surface area (Å²) in [6, 6.07) is 40.9. The fourth-order valence-corrected chi connectivity index (χ4v) is 39.2. The monoisotopic (exact) mass is 840 g/mol. The third kappa shape index (κ3) is 6.02. The maximum absolute atomic E-state index is 8.92. The molecule has 2 unspecified atom stereocenters. The number of hydrogen-bond acceptors (Lipinski definition) is 0. The molecule has 0 N–H and O–H groups in total. The van der Waals surface area contributed by atoms with Crippen molar-refractivity contribution >= 4 is 56.2 Å². The molecule has 0 bridgehead atoms. The average molecular weight is 843 g/mol. The van der Waals surface area contributed by atoms with Crippen molar-refractivity contribution in [3.8, 4) is 22.3 Å². The normalized spacial score (nSPS) is 16.8. The van der Waals surface area contributed by atoms with Crippen LogP contribution in [0, 0.1) is 13.8 Å². The molecular formula is C50H52Cl2SiZr. The molecule has 2 aliphatic carbocycles. The summed E-state index contributed by atoms with van der Waals surface area (Å²) in [5, 5.41) is 5.24. The summed E-state index contributed by atoms with van der Waals surface area (Å²) < 4.78 is 0.140. The van der Waals surface area contributed by atoms with E-state index >= 15 is 0 Å². The molecule has 0 radical (unpaired) electrons. The van der Waals surface area contributed by atoms with E-state index in [9.17, 15) is 0 Å². The second-order valence-electron chi connectivity index (χ2n) is 16.2. The summed E-state index contributed by atoms with van der Waals surface area (Å²) in [7, 11) is 17.8. The minimum atomic E-state index is -5.01. The number of fused-ring (bicyclic) bond motifs is 4. The summed E-state index contributed by atoms with van der Waals surface area (Å²) in [5.41, 5.74) is 15.0. The van der Waals surface area contributed by atoms with Crippen molar-refractivity contribution in [2.24, 2.45) is 0 Å². The molecule has 0 aromatic heterocycles. The van der Waals surface area contributed by atoms with Crippen molar-refractivity contribution < 1.29 is 15.0 Å². The fourth-order valence-electron chi connectivity index (χ4n) is 10.1. The van der Waals surface area contributed by atoms with Crippen molar-refractivity contribution in [2.75, 3.05) is 0 Å². The second kappa shape index (κ2) is 14.8. The van der Waals surface area contributed by atoms with Crippen LogP contribution in [-0.2, 0) is 15.0 Å². The summed E-state index contributed by atoms with van der Waals surface area (Å²) >= 11 is -5.01. The Balaban J connectivity index is 1.39. The third-order valence-electron chi connectivity index (χ3n) is 12.8. The molecule has 2 aliphatic rings. The van der Waals surface area contributed by atoms with Crippen LogP contribution < -0.4 is 0 Å². The Morgan fingerprint density at radius 1 is 0.519 bits per heavy atom. The van der Waals surface area contributed by atoms with Crippen molar-refractivity contribution in [2.45, 2.75) is 86.6 Å². The first-order valence-electron chi connectivity index (χ1n) is 20.1. The van der Waals surface area contributed by atoms with Gasteiger partial charge in [0, 0.05) is 0 Å². The number of halogens is 2. The number of hydrogen-bond donors (Lipinski definition) is 0. The van der Waals surface area contributed by atoms with Crippen molar-refractivity contribution in [3.63, 3.8) is 0 Å². The summed E-state index contributed by atoms with van der Waals surface area (Å²) in [6.45, 7) is 14.0. The van der Waals surface area contributed by atoms with Gasteiger partial charge in [0.25, 0.3) is 0 Å². The molecule has 6 aromatic carbocycles. The third-order valence-corrected chi connectivity index (χ3v) is 59.3. The van der Waals surface area contributed by atoms with Gasteiger partial charge < -0.3 is 0 Å². The molecule has 0 amide bonds. The van der Waals surface area contributed by atoms with Gasteiger partial charge in [0.2, 0.25) is 0 Å². The number of aryl methyl sites for hydroxylation is 2. The SMILES string of the molecule is CCCCC1=Cc2c(-c3cccc4cccc(C)c34)cccc2[CH]1[Zr]([Cl])([Cl])([CH]1C(CCCC)=Cc2c(-c3cccc4cccc(C)c34)cccc21)=[Si](C)C. The van der Waals surface area contributed by atoms with E-state index in [-0.39, 0.29) is 7.25 Å². The van der Waals surface area contributed by atoms with Crippen molar-refractivity contribution in [1.82, 2.24) is 0 Å². The number of rotatable bonds is 10. The molecule has 0 fully saturated rings.